The van der Waals surface area contributed by atoms with Crippen molar-refractivity contribution in [3.63, 3.8) is 0 Å². The summed E-state index contributed by atoms with van der Waals surface area (Å²) in [5.74, 6) is -0.0539. The van der Waals surface area contributed by atoms with E-state index in [4.69, 9.17) is 14.2 Å². The summed E-state index contributed by atoms with van der Waals surface area (Å²) in [6, 6.07) is 26.2. The molecule has 4 aromatic rings. The van der Waals surface area contributed by atoms with Gasteiger partial charge in [0.15, 0.2) is 17.3 Å². The lowest BCUT2D eigenvalue weighted by Crippen LogP contribution is -2.30. The molecule has 9 heteroatoms. The van der Waals surface area contributed by atoms with Gasteiger partial charge in [0.1, 0.15) is 5.70 Å². The van der Waals surface area contributed by atoms with Gasteiger partial charge in [0.2, 0.25) is 5.75 Å². The number of anilines is 2. The summed E-state index contributed by atoms with van der Waals surface area (Å²) in [5.41, 5.74) is 3.74. The molecule has 4 rings (SSSR count). The molecule has 0 saturated carbocycles. The number of carbonyl (C=O) groups is 3. The zero-order valence-electron chi connectivity index (χ0n) is 25.8. The van der Waals surface area contributed by atoms with Crippen molar-refractivity contribution in [2.45, 2.75) is 0 Å². The Morgan fingerprint density at radius 2 is 1.33 bits per heavy atom. The van der Waals surface area contributed by atoms with E-state index in [9.17, 15) is 14.4 Å². The van der Waals surface area contributed by atoms with Crippen LogP contribution in [0.5, 0.6) is 17.2 Å². The molecule has 0 aliphatic rings. The first-order chi connectivity index (χ1) is 21.7. The second kappa shape index (κ2) is 15.1. The fourth-order valence-electron chi connectivity index (χ4n) is 4.36. The largest absolute Gasteiger partial charge is 0.493 e. The smallest absolute Gasteiger partial charge is 0.272 e. The van der Waals surface area contributed by atoms with Crippen molar-refractivity contribution in [1.82, 2.24) is 5.32 Å². The minimum atomic E-state index is -0.576. The Kier molecular flexibility index (Phi) is 10.7. The third-order valence-electron chi connectivity index (χ3n) is 6.79. The molecular formula is C36H35N3O6. The Morgan fingerprint density at radius 3 is 1.89 bits per heavy atom. The third-order valence-corrected chi connectivity index (χ3v) is 6.79. The van der Waals surface area contributed by atoms with Crippen LogP contribution >= 0.6 is 0 Å². The molecule has 230 valence electrons. The molecule has 0 atom stereocenters. The third kappa shape index (κ3) is 8.39. The van der Waals surface area contributed by atoms with Gasteiger partial charge in [-0.2, -0.15) is 0 Å². The predicted octanol–water partition coefficient (Wildman–Crippen LogP) is 6.08. The van der Waals surface area contributed by atoms with Gasteiger partial charge in [-0.25, -0.2) is 0 Å². The number of hydrogen-bond donors (Lipinski definition) is 2. The van der Waals surface area contributed by atoms with E-state index in [1.807, 2.05) is 43.3 Å². The van der Waals surface area contributed by atoms with Crippen LogP contribution in [0.15, 0.2) is 103 Å². The van der Waals surface area contributed by atoms with Crippen LogP contribution in [0, 0.1) is 0 Å². The Balaban J connectivity index is 1.55. The molecule has 9 nitrogen and oxygen atoms in total. The van der Waals surface area contributed by atoms with Crippen molar-refractivity contribution in [2.24, 2.45) is 0 Å². The average Bonchev–Trinajstić information content (AvgIpc) is 3.07. The molecule has 0 fully saturated rings. The van der Waals surface area contributed by atoms with E-state index >= 15 is 0 Å². The van der Waals surface area contributed by atoms with Crippen LogP contribution in [0.25, 0.3) is 12.2 Å². The summed E-state index contributed by atoms with van der Waals surface area (Å²) in [6.07, 6.45) is 4.77. The molecule has 0 saturated heterocycles. The van der Waals surface area contributed by atoms with Crippen molar-refractivity contribution in [1.29, 1.82) is 0 Å². The standard InChI is InChI=1S/C36H35N3O6/c1-39(2)29-18-11-24(12-19-29)13-20-31(40)26-14-16-28(17-15-26)37-36(42)30(38-35(41)27-9-7-6-8-10-27)21-25-22-32(43-3)34(45-5)33(23-25)44-4/h6-23H,1-5H3,(H,37,42)(H,38,41)/b20-13+,30-21-. The van der Waals surface area contributed by atoms with Crippen LogP contribution in [0.2, 0.25) is 0 Å². The van der Waals surface area contributed by atoms with Crippen molar-refractivity contribution < 1.29 is 28.6 Å². The quantitative estimate of drug-likeness (QED) is 0.149. The first-order valence-corrected chi connectivity index (χ1v) is 14.0. The molecule has 45 heavy (non-hydrogen) atoms. The lowest BCUT2D eigenvalue weighted by Gasteiger charge is -2.14. The van der Waals surface area contributed by atoms with Crippen molar-refractivity contribution in [2.75, 3.05) is 45.6 Å². The van der Waals surface area contributed by atoms with Crippen molar-refractivity contribution >= 4 is 41.1 Å². The maximum atomic E-state index is 13.5. The molecule has 0 heterocycles. The van der Waals surface area contributed by atoms with Crippen molar-refractivity contribution in [3.8, 4) is 17.2 Å². The van der Waals surface area contributed by atoms with E-state index < -0.39 is 11.8 Å². The molecule has 0 aromatic heterocycles. The average molecular weight is 606 g/mol. The van der Waals surface area contributed by atoms with Crippen LogP contribution < -0.4 is 29.7 Å². The predicted molar refractivity (Wildman–Crippen MR) is 177 cm³/mol. The molecule has 0 bridgehead atoms. The number of benzene rings is 4. The highest BCUT2D eigenvalue weighted by molar-refractivity contribution is 6.11. The van der Waals surface area contributed by atoms with Crippen LogP contribution in [-0.4, -0.2) is 53.0 Å². The Labute approximate surface area is 262 Å². The number of nitrogens with one attached hydrogen (secondary N) is 2. The number of rotatable bonds is 12. The summed E-state index contributed by atoms with van der Waals surface area (Å²) in [6.45, 7) is 0. The van der Waals surface area contributed by atoms with Gasteiger partial charge in [-0.05, 0) is 83.9 Å². The molecular weight excluding hydrogens is 570 g/mol. The topological polar surface area (TPSA) is 106 Å². The highest BCUT2D eigenvalue weighted by atomic mass is 16.5. The van der Waals surface area contributed by atoms with Crippen LogP contribution in [0.3, 0.4) is 0 Å². The highest BCUT2D eigenvalue weighted by Gasteiger charge is 2.18. The molecule has 0 unspecified atom stereocenters. The van der Waals surface area contributed by atoms with Gasteiger partial charge in [-0.3, -0.25) is 14.4 Å². The van der Waals surface area contributed by atoms with E-state index in [1.54, 1.807) is 72.8 Å². The number of amides is 2. The zero-order valence-corrected chi connectivity index (χ0v) is 25.8. The number of hydrogen-bond acceptors (Lipinski definition) is 7. The van der Waals surface area contributed by atoms with E-state index in [1.165, 1.54) is 33.5 Å². The van der Waals surface area contributed by atoms with Gasteiger partial charge in [-0.1, -0.05) is 36.4 Å². The lowest BCUT2D eigenvalue weighted by atomic mass is 10.1. The number of methoxy groups -OCH3 is 3. The normalized spacial score (nSPS) is 11.1. The van der Waals surface area contributed by atoms with Gasteiger partial charge in [0.25, 0.3) is 11.8 Å². The van der Waals surface area contributed by atoms with Crippen LogP contribution in [0.4, 0.5) is 11.4 Å². The molecule has 4 aromatic carbocycles. The number of ketones is 1. The summed E-state index contributed by atoms with van der Waals surface area (Å²) in [4.78, 5) is 41.3. The first kappa shape index (κ1) is 32.1. The molecule has 0 radical (unpaired) electrons. The first-order valence-electron chi connectivity index (χ1n) is 14.0. The number of allylic oxidation sites excluding steroid dienone is 1. The Morgan fingerprint density at radius 1 is 0.711 bits per heavy atom. The number of nitrogens with zero attached hydrogens (tertiary/aromatic N) is 1. The van der Waals surface area contributed by atoms with Crippen LogP contribution in [-0.2, 0) is 4.79 Å². The highest BCUT2D eigenvalue weighted by Crippen LogP contribution is 2.38. The molecule has 0 spiro atoms. The summed E-state index contributed by atoms with van der Waals surface area (Å²) in [7, 11) is 8.40. The fourth-order valence-corrected chi connectivity index (χ4v) is 4.36. The zero-order chi connectivity index (χ0) is 32.3. The molecule has 2 amide bonds. The number of ether oxygens (including phenoxy) is 3. The van der Waals surface area contributed by atoms with Gasteiger partial charge in [0.05, 0.1) is 21.3 Å². The van der Waals surface area contributed by atoms with Gasteiger partial charge in [-0.15, -0.1) is 0 Å². The number of carbonyl (C=O) groups excluding carboxylic acids is 3. The monoisotopic (exact) mass is 605 g/mol. The Bertz CT molecular complexity index is 1690. The maximum Gasteiger partial charge on any atom is 0.272 e. The van der Waals surface area contributed by atoms with E-state index in [0.717, 1.165) is 11.3 Å². The Hall–Kier alpha value is -5.83. The maximum absolute atomic E-state index is 13.5. The lowest BCUT2D eigenvalue weighted by molar-refractivity contribution is -0.113. The van der Waals surface area contributed by atoms with Gasteiger partial charge in [0, 0.05) is 36.6 Å². The van der Waals surface area contributed by atoms with E-state index in [0.29, 0.717) is 39.6 Å². The summed E-state index contributed by atoms with van der Waals surface area (Å²) >= 11 is 0. The minimum absolute atomic E-state index is 0.0264. The minimum Gasteiger partial charge on any atom is -0.493 e. The second-order valence-corrected chi connectivity index (χ2v) is 10.1. The summed E-state index contributed by atoms with van der Waals surface area (Å²) < 4.78 is 16.3. The van der Waals surface area contributed by atoms with E-state index in [2.05, 4.69) is 10.6 Å². The van der Waals surface area contributed by atoms with Crippen LogP contribution in [0.1, 0.15) is 31.8 Å². The van der Waals surface area contributed by atoms with E-state index in [-0.39, 0.29) is 11.5 Å². The molecule has 2 N–H and O–H groups in total. The van der Waals surface area contributed by atoms with Crippen molar-refractivity contribution in [3.05, 3.63) is 125 Å². The fraction of sp³-hybridized carbons (Fsp3) is 0.139. The molecule has 0 aliphatic carbocycles. The molecule has 0 aliphatic heterocycles. The van der Waals surface area contributed by atoms with Gasteiger partial charge >= 0.3 is 0 Å². The summed E-state index contributed by atoms with van der Waals surface area (Å²) in [5, 5.41) is 5.50. The SMILES string of the molecule is COc1cc(/C=C(\NC(=O)c2ccccc2)C(=O)Nc2ccc(C(=O)/C=C/c3ccc(N(C)C)cc3)cc2)cc(OC)c1OC. The second-order valence-electron chi connectivity index (χ2n) is 10.1. The van der Waals surface area contributed by atoms with Gasteiger partial charge < -0.3 is 29.7 Å².